The highest BCUT2D eigenvalue weighted by atomic mass is 32.2. The summed E-state index contributed by atoms with van der Waals surface area (Å²) in [6.45, 7) is 3.09. The van der Waals surface area contributed by atoms with Crippen LogP contribution < -0.4 is 4.72 Å². The Hall–Kier alpha value is -3.30. The Balaban J connectivity index is 1.55. The summed E-state index contributed by atoms with van der Waals surface area (Å²) < 4.78 is 33.5. The molecule has 2 aromatic heterocycles. The standard InChI is InChI=1S/C21H17N3O4S2/c1-13-19(14(2)25)29-21(23-13)24-30(26,27)17-10-8-16(9-11-17)20-22-12-18(28-20)15-6-4-3-5-7-15/h3-12H,1-2H3,(H,23,24). The smallest absolute Gasteiger partial charge is 0.263 e. The van der Waals surface area contributed by atoms with Crippen LogP contribution in [0.5, 0.6) is 0 Å². The number of aryl methyl sites for hydroxylation is 1. The number of carbonyl (C=O) groups excluding carboxylic acids is 1. The van der Waals surface area contributed by atoms with E-state index in [1.807, 2.05) is 30.3 Å². The number of thiazole rings is 1. The number of benzene rings is 2. The predicted molar refractivity (Wildman–Crippen MR) is 115 cm³/mol. The van der Waals surface area contributed by atoms with Crippen molar-refractivity contribution < 1.29 is 17.6 Å². The van der Waals surface area contributed by atoms with Gasteiger partial charge < -0.3 is 4.42 Å². The van der Waals surface area contributed by atoms with Gasteiger partial charge in [0.2, 0.25) is 5.89 Å². The molecule has 7 nitrogen and oxygen atoms in total. The summed E-state index contributed by atoms with van der Waals surface area (Å²) >= 11 is 1.01. The van der Waals surface area contributed by atoms with Crippen molar-refractivity contribution in [2.24, 2.45) is 0 Å². The van der Waals surface area contributed by atoms with Gasteiger partial charge in [0.15, 0.2) is 16.7 Å². The largest absolute Gasteiger partial charge is 0.436 e. The van der Waals surface area contributed by atoms with Gasteiger partial charge in [-0.1, -0.05) is 41.7 Å². The van der Waals surface area contributed by atoms with Crippen LogP contribution in [-0.4, -0.2) is 24.2 Å². The molecular formula is C21H17N3O4S2. The first kappa shape index (κ1) is 20.0. The van der Waals surface area contributed by atoms with E-state index in [-0.39, 0.29) is 15.8 Å². The van der Waals surface area contributed by atoms with Crippen LogP contribution in [0.15, 0.2) is 70.1 Å². The maximum absolute atomic E-state index is 12.7. The zero-order chi connectivity index (χ0) is 21.3. The molecule has 0 unspecified atom stereocenters. The first-order valence-corrected chi connectivity index (χ1v) is 11.3. The molecule has 0 atom stereocenters. The topological polar surface area (TPSA) is 102 Å². The molecule has 4 aromatic rings. The number of carbonyl (C=O) groups is 1. The fourth-order valence-corrected chi connectivity index (χ4v) is 4.96. The molecule has 0 spiro atoms. The van der Waals surface area contributed by atoms with Crippen molar-refractivity contribution in [3.8, 4) is 22.8 Å². The molecule has 4 rings (SSSR count). The van der Waals surface area contributed by atoms with E-state index in [1.54, 1.807) is 25.3 Å². The lowest BCUT2D eigenvalue weighted by Gasteiger charge is -2.05. The molecule has 0 aliphatic heterocycles. The lowest BCUT2D eigenvalue weighted by molar-refractivity contribution is 0.102. The number of hydrogen-bond donors (Lipinski definition) is 1. The Kier molecular flexibility index (Phi) is 5.23. The van der Waals surface area contributed by atoms with Crippen molar-refractivity contribution in [2.75, 3.05) is 4.72 Å². The lowest BCUT2D eigenvalue weighted by Crippen LogP contribution is -2.12. The molecule has 30 heavy (non-hydrogen) atoms. The van der Waals surface area contributed by atoms with E-state index in [9.17, 15) is 13.2 Å². The molecule has 0 saturated heterocycles. The summed E-state index contributed by atoms with van der Waals surface area (Å²) in [7, 11) is -3.84. The molecule has 0 saturated carbocycles. The Bertz CT molecular complexity index is 1310. The molecule has 9 heteroatoms. The van der Waals surface area contributed by atoms with Gasteiger partial charge in [-0.3, -0.25) is 9.52 Å². The number of Topliss-reactive ketones (excluding diaryl/α,β-unsaturated/α-hetero) is 1. The van der Waals surface area contributed by atoms with Crippen LogP contribution >= 0.6 is 11.3 Å². The average molecular weight is 440 g/mol. The van der Waals surface area contributed by atoms with Gasteiger partial charge in [0, 0.05) is 18.1 Å². The molecule has 0 bridgehead atoms. The number of nitrogens with one attached hydrogen (secondary N) is 1. The second-order valence-electron chi connectivity index (χ2n) is 6.52. The fraction of sp³-hybridized carbons (Fsp3) is 0.0952. The summed E-state index contributed by atoms with van der Waals surface area (Å²) in [4.78, 5) is 20.5. The number of anilines is 1. The highest BCUT2D eigenvalue weighted by Gasteiger charge is 2.19. The molecule has 2 heterocycles. The van der Waals surface area contributed by atoms with Gasteiger partial charge >= 0.3 is 0 Å². The molecule has 2 aromatic carbocycles. The van der Waals surface area contributed by atoms with Gasteiger partial charge in [-0.05, 0) is 31.2 Å². The van der Waals surface area contributed by atoms with Crippen molar-refractivity contribution in [3.05, 3.63) is 71.4 Å². The lowest BCUT2D eigenvalue weighted by atomic mass is 10.2. The third-order valence-corrected chi connectivity index (χ3v) is 6.97. The van der Waals surface area contributed by atoms with Crippen molar-refractivity contribution >= 4 is 32.3 Å². The van der Waals surface area contributed by atoms with E-state index in [0.29, 0.717) is 27.8 Å². The van der Waals surface area contributed by atoms with E-state index in [4.69, 9.17) is 4.42 Å². The number of hydrogen-bond acceptors (Lipinski definition) is 7. The number of sulfonamides is 1. The Morgan fingerprint density at radius 1 is 1.03 bits per heavy atom. The molecule has 0 amide bonds. The molecule has 0 aliphatic carbocycles. The van der Waals surface area contributed by atoms with E-state index < -0.39 is 10.0 Å². The van der Waals surface area contributed by atoms with Gasteiger partial charge in [0.1, 0.15) is 0 Å². The van der Waals surface area contributed by atoms with Gasteiger partial charge in [0.25, 0.3) is 10.0 Å². The number of ketones is 1. The maximum Gasteiger partial charge on any atom is 0.263 e. The van der Waals surface area contributed by atoms with Crippen LogP contribution in [-0.2, 0) is 10.0 Å². The summed E-state index contributed by atoms with van der Waals surface area (Å²) in [6, 6.07) is 15.8. The average Bonchev–Trinajstić information content (AvgIpc) is 3.35. The summed E-state index contributed by atoms with van der Waals surface area (Å²) in [6.07, 6.45) is 1.63. The highest BCUT2D eigenvalue weighted by molar-refractivity contribution is 7.93. The molecule has 1 N–H and O–H groups in total. The van der Waals surface area contributed by atoms with Gasteiger partial charge in [-0.2, -0.15) is 0 Å². The molecule has 0 radical (unpaired) electrons. The van der Waals surface area contributed by atoms with Crippen LogP contribution in [0.4, 0.5) is 5.13 Å². The van der Waals surface area contributed by atoms with Crippen LogP contribution in [0.2, 0.25) is 0 Å². The minimum absolute atomic E-state index is 0.0679. The zero-order valence-electron chi connectivity index (χ0n) is 16.1. The Morgan fingerprint density at radius 2 is 1.73 bits per heavy atom. The van der Waals surface area contributed by atoms with Gasteiger partial charge in [-0.15, -0.1) is 0 Å². The number of nitrogens with zero attached hydrogens (tertiary/aromatic N) is 2. The Labute approximate surface area is 177 Å². The third kappa shape index (κ3) is 4.03. The van der Waals surface area contributed by atoms with Crippen LogP contribution in [0.1, 0.15) is 22.3 Å². The van der Waals surface area contributed by atoms with Crippen molar-refractivity contribution in [3.63, 3.8) is 0 Å². The van der Waals surface area contributed by atoms with E-state index in [0.717, 1.165) is 16.9 Å². The maximum atomic E-state index is 12.7. The predicted octanol–water partition coefficient (Wildman–Crippen LogP) is 4.78. The number of rotatable bonds is 6. The van der Waals surface area contributed by atoms with E-state index in [1.165, 1.54) is 19.1 Å². The fourth-order valence-electron chi connectivity index (χ4n) is 2.86. The summed E-state index contributed by atoms with van der Waals surface area (Å²) in [5.74, 6) is 0.873. The zero-order valence-corrected chi connectivity index (χ0v) is 17.8. The molecular weight excluding hydrogens is 422 g/mol. The first-order valence-electron chi connectivity index (χ1n) is 8.96. The SMILES string of the molecule is CC(=O)c1sc(NS(=O)(=O)c2ccc(-c3ncc(-c4ccccc4)o3)cc2)nc1C. The Morgan fingerprint density at radius 3 is 2.37 bits per heavy atom. The number of aromatic nitrogens is 2. The highest BCUT2D eigenvalue weighted by Crippen LogP contribution is 2.28. The quantitative estimate of drug-likeness (QED) is 0.434. The van der Waals surface area contributed by atoms with Crippen molar-refractivity contribution in [1.29, 1.82) is 0 Å². The summed E-state index contributed by atoms with van der Waals surface area (Å²) in [5, 5.41) is 0.155. The minimum Gasteiger partial charge on any atom is -0.436 e. The molecule has 0 aliphatic rings. The minimum atomic E-state index is -3.84. The second kappa shape index (κ2) is 7.85. The third-order valence-electron chi connectivity index (χ3n) is 4.31. The summed E-state index contributed by atoms with van der Waals surface area (Å²) in [5.41, 5.74) is 2.06. The molecule has 152 valence electrons. The van der Waals surface area contributed by atoms with Crippen LogP contribution in [0.3, 0.4) is 0 Å². The van der Waals surface area contributed by atoms with Gasteiger partial charge in [-0.25, -0.2) is 18.4 Å². The molecule has 0 fully saturated rings. The first-order chi connectivity index (χ1) is 14.3. The van der Waals surface area contributed by atoms with Gasteiger partial charge in [0.05, 0.1) is 21.7 Å². The second-order valence-corrected chi connectivity index (χ2v) is 9.20. The number of oxazole rings is 1. The van der Waals surface area contributed by atoms with E-state index in [2.05, 4.69) is 14.7 Å². The van der Waals surface area contributed by atoms with Crippen LogP contribution in [0, 0.1) is 6.92 Å². The van der Waals surface area contributed by atoms with E-state index >= 15 is 0 Å². The monoisotopic (exact) mass is 439 g/mol. The van der Waals surface area contributed by atoms with Crippen molar-refractivity contribution in [2.45, 2.75) is 18.7 Å². The van der Waals surface area contributed by atoms with Crippen LogP contribution in [0.25, 0.3) is 22.8 Å². The van der Waals surface area contributed by atoms with Crippen molar-refractivity contribution in [1.82, 2.24) is 9.97 Å². The normalized spacial score (nSPS) is 11.4.